The van der Waals surface area contributed by atoms with Gasteiger partial charge < -0.3 is 5.32 Å². The Balaban J connectivity index is 1.78. The van der Waals surface area contributed by atoms with Crippen molar-refractivity contribution in [2.24, 2.45) is 5.92 Å². The largest absolute Gasteiger partial charge is 0.345 e. The maximum Gasteiger partial charge on any atom is 0.345 e. The zero-order valence-corrected chi connectivity index (χ0v) is 10.2. The highest BCUT2D eigenvalue weighted by molar-refractivity contribution is 4.91. The molecule has 5 heteroatoms. The van der Waals surface area contributed by atoms with Gasteiger partial charge in [0, 0.05) is 13.0 Å². The highest BCUT2D eigenvalue weighted by atomic mass is 16.2. The molecule has 3 heterocycles. The average Bonchev–Trinajstić information content (AvgIpc) is 2.68. The molecule has 5 nitrogen and oxygen atoms in total. The van der Waals surface area contributed by atoms with Crippen LogP contribution in [-0.2, 0) is 19.5 Å². The van der Waals surface area contributed by atoms with E-state index in [0.717, 1.165) is 44.8 Å². The van der Waals surface area contributed by atoms with Crippen LogP contribution in [0.3, 0.4) is 0 Å². The minimum atomic E-state index is 0.102. The third-order valence-electron chi connectivity index (χ3n) is 3.86. The Hall–Kier alpha value is -1.10. The molecule has 17 heavy (non-hydrogen) atoms. The van der Waals surface area contributed by atoms with Crippen molar-refractivity contribution in [2.45, 2.75) is 45.2 Å². The highest BCUT2D eigenvalue weighted by Gasteiger charge is 2.20. The highest BCUT2D eigenvalue weighted by Crippen LogP contribution is 2.13. The summed E-state index contributed by atoms with van der Waals surface area (Å²) in [6, 6.07) is 0. The molecule has 1 aromatic rings. The van der Waals surface area contributed by atoms with Crippen molar-refractivity contribution >= 4 is 0 Å². The van der Waals surface area contributed by atoms with Gasteiger partial charge >= 0.3 is 5.69 Å². The lowest BCUT2D eigenvalue weighted by Gasteiger charge is -2.21. The van der Waals surface area contributed by atoms with Gasteiger partial charge in [-0.1, -0.05) is 0 Å². The Labute approximate surface area is 101 Å². The first-order chi connectivity index (χ1) is 8.34. The lowest BCUT2D eigenvalue weighted by Crippen LogP contribution is -2.35. The first-order valence-electron chi connectivity index (χ1n) is 6.72. The molecule has 0 aliphatic carbocycles. The second-order valence-corrected chi connectivity index (χ2v) is 5.20. The molecule has 3 rings (SSSR count). The fraction of sp³-hybridized carbons (Fsp3) is 0.833. The van der Waals surface area contributed by atoms with E-state index in [1.807, 2.05) is 4.57 Å². The molecule has 0 amide bonds. The van der Waals surface area contributed by atoms with Gasteiger partial charge in [0.05, 0.1) is 6.54 Å². The molecule has 0 radical (unpaired) electrons. The Morgan fingerprint density at radius 1 is 1.35 bits per heavy atom. The summed E-state index contributed by atoms with van der Waals surface area (Å²) in [6.45, 7) is 3.78. The molecule has 1 aromatic heterocycles. The molecule has 0 aromatic carbocycles. The van der Waals surface area contributed by atoms with Gasteiger partial charge in [0.25, 0.3) is 0 Å². The number of rotatable bonds is 2. The lowest BCUT2D eigenvalue weighted by molar-refractivity contribution is 0.320. The maximum atomic E-state index is 12.1. The maximum absolute atomic E-state index is 12.1. The van der Waals surface area contributed by atoms with E-state index in [-0.39, 0.29) is 5.69 Å². The topological polar surface area (TPSA) is 51.9 Å². The molecule has 1 atom stereocenters. The number of aromatic nitrogens is 3. The molecular formula is C12H20N4O. The van der Waals surface area contributed by atoms with Crippen LogP contribution < -0.4 is 11.0 Å². The van der Waals surface area contributed by atoms with Crippen molar-refractivity contribution in [3.8, 4) is 0 Å². The van der Waals surface area contributed by atoms with Gasteiger partial charge in [-0.25, -0.2) is 9.48 Å². The van der Waals surface area contributed by atoms with Crippen molar-refractivity contribution in [1.29, 1.82) is 0 Å². The molecule has 0 saturated carbocycles. The van der Waals surface area contributed by atoms with Crippen LogP contribution in [0.25, 0.3) is 0 Å². The van der Waals surface area contributed by atoms with Crippen LogP contribution in [0, 0.1) is 5.92 Å². The molecule has 1 unspecified atom stereocenters. The van der Waals surface area contributed by atoms with E-state index >= 15 is 0 Å². The van der Waals surface area contributed by atoms with Gasteiger partial charge in [-0.2, -0.15) is 5.10 Å². The first-order valence-corrected chi connectivity index (χ1v) is 6.72. The molecule has 1 N–H and O–H groups in total. The Morgan fingerprint density at radius 3 is 3.06 bits per heavy atom. The van der Waals surface area contributed by atoms with Crippen molar-refractivity contribution < 1.29 is 0 Å². The molecule has 0 spiro atoms. The Bertz CT molecular complexity index is 442. The van der Waals surface area contributed by atoms with Crippen LogP contribution in [-0.4, -0.2) is 27.4 Å². The summed E-state index contributed by atoms with van der Waals surface area (Å²) in [7, 11) is 0. The third kappa shape index (κ3) is 2.16. The third-order valence-corrected chi connectivity index (χ3v) is 3.86. The molecule has 1 saturated heterocycles. The minimum Gasteiger partial charge on any atom is -0.316 e. The number of fused-ring (bicyclic) bond motifs is 1. The minimum absolute atomic E-state index is 0.102. The standard InChI is InChI=1S/C12H20N4O/c17-12-15-7-2-1-5-11(15)14-16(12)9-10-4-3-6-13-8-10/h10,13H,1-9H2. The van der Waals surface area contributed by atoms with Gasteiger partial charge in [0.15, 0.2) is 0 Å². The zero-order valence-electron chi connectivity index (χ0n) is 10.2. The van der Waals surface area contributed by atoms with Gasteiger partial charge in [-0.15, -0.1) is 0 Å². The summed E-state index contributed by atoms with van der Waals surface area (Å²) in [4.78, 5) is 12.1. The molecule has 1 fully saturated rings. The van der Waals surface area contributed by atoms with Crippen LogP contribution in [0.15, 0.2) is 4.79 Å². The molecule has 2 aliphatic heterocycles. The number of nitrogens with zero attached hydrogens (tertiary/aromatic N) is 3. The summed E-state index contributed by atoms with van der Waals surface area (Å²) >= 11 is 0. The number of hydrogen-bond donors (Lipinski definition) is 1. The monoisotopic (exact) mass is 236 g/mol. The molecule has 2 aliphatic rings. The molecular weight excluding hydrogens is 216 g/mol. The van der Waals surface area contributed by atoms with Crippen LogP contribution in [0.4, 0.5) is 0 Å². The Kier molecular flexibility index (Phi) is 3.01. The lowest BCUT2D eigenvalue weighted by atomic mass is 10.00. The van der Waals surface area contributed by atoms with Crippen LogP contribution >= 0.6 is 0 Å². The summed E-state index contributed by atoms with van der Waals surface area (Å²) in [6.07, 6.45) is 5.67. The number of nitrogens with one attached hydrogen (secondary N) is 1. The smallest absolute Gasteiger partial charge is 0.316 e. The second-order valence-electron chi connectivity index (χ2n) is 5.20. The van der Waals surface area contributed by atoms with E-state index in [1.165, 1.54) is 19.3 Å². The van der Waals surface area contributed by atoms with Gasteiger partial charge in [-0.3, -0.25) is 4.57 Å². The number of aryl methyl sites for hydroxylation is 1. The van der Waals surface area contributed by atoms with Gasteiger partial charge in [0.1, 0.15) is 5.82 Å². The van der Waals surface area contributed by atoms with E-state index in [1.54, 1.807) is 4.68 Å². The predicted octanol–water partition coefficient (Wildman–Crippen LogP) is 0.381. The fourth-order valence-corrected chi connectivity index (χ4v) is 2.89. The van der Waals surface area contributed by atoms with Crippen LogP contribution in [0.5, 0.6) is 0 Å². The van der Waals surface area contributed by atoms with E-state index in [4.69, 9.17) is 0 Å². The fourth-order valence-electron chi connectivity index (χ4n) is 2.89. The van der Waals surface area contributed by atoms with Crippen molar-refractivity contribution in [3.63, 3.8) is 0 Å². The van der Waals surface area contributed by atoms with Crippen molar-refractivity contribution in [3.05, 3.63) is 16.3 Å². The van der Waals surface area contributed by atoms with Crippen LogP contribution in [0.1, 0.15) is 31.5 Å². The van der Waals surface area contributed by atoms with Gasteiger partial charge in [-0.05, 0) is 44.7 Å². The normalized spacial score (nSPS) is 24.6. The Morgan fingerprint density at radius 2 is 2.29 bits per heavy atom. The molecule has 0 bridgehead atoms. The van der Waals surface area contributed by atoms with Gasteiger partial charge in [0.2, 0.25) is 0 Å². The first kappa shape index (κ1) is 11.0. The average molecular weight is 236 g/mol. The summed E-state index contributed by atoms with van der Waals surface area (Å²) in [5, 5.41) is 7.87. The summed E-state index contributed by atoms with van der Waals surface area (Å²) in [5.74, 6) is 1.56. The van der Waals surface area contributed by atoms with Crippen molar-refractivity contribution in [1.82, 2.24) is 19.7 Å². The number of piperidine rings is 1. The second kappa shape index (κ2) is 4.64. The van der Waals surface area contributed by atoms with E-state index in [0.29, 0.717) is 5.92 Å². The SMILES string of the molecule is O=c1n(CC2CCCNC2)nc2n1CCCC2. The quantitative estimate of drug-likeness (QED) is 0.807. The summed E-state index contributed by atoms with van der Waals surface area (Å²) in [5.41, 5.74) is 0.102. The molecule has 94 valence electrons. The van der Waals surface area contributed by atoms with Crippen molar-refractivity contribution in [2.75, 3.05) is 13.1 Å². The van der Waals surface area contributed by atoms with E-state index < -0.39 is 0 Å². The zero-order chi connectivity index (χ0) is 11.7. The van der Waals surface area contributed by atoms with E-state index in [9.17, 15) is 4.79 Å². The summed E-state index contributed by atoms with van der Waals surface area (Å²) < 4.78 is 3.55. The van der Waals surface area contributed by atoms with E-state index in [2.05, 4.69) is 10.4 Å². The predicted molar refractivity (Wildman–Crippen MR) is 65.0 cm³/mol. The number of hydrogen-bond acceptors (Lipinski definition) is 3. The van der Waals surface area contributed by atoms with Crippen LogP contribution in [0.2, 0.25) is 0 Å².